The molecule has 1 unspecified atom stereocenters. The SMILES string of the molecule is CCCC(=C=C(OC)C1(O)C(=O)C(c2ccccc2)=C1OC)[Si](C)(C)C. The lowest BCUT2D eigenvalue weighted by Gasteiger charge is -2.38. The molecule has 0 saturated heterocycles. The van der Waals surface area contributed by atoms with Crippen molar-refractivity contribution in [3.05, 3.63) is 58.3 Å². The quantitative estimate of drug-likeness (QED) is 0.445. The molecule has 1 aliphatic carbocycles. The van der Waals surface area contributed by atoms with Crippen molar-refractivity contribution >= 4 is 19.4 Å². The van der Waals surface area contributed by atoms with Gasteiger partial charge in [-0.25, -0.2) is 0 Å². The Labute approximate surface area is 156 Å². The van der Waals surface area contributed by atoms with Gasteiger partial charge in [-0.3, -0.25) is 4.79 Å². The summed E-state index contributed by atoms with van der Waals surface area (Å²) in [6.07, 6.45) is 1.84. The molecule has 1 aromatic rings. The fourth-order valence-electron chi connectivity index (χ4n) is 3.13. The fraction of sp³-hybridized carbons (Fsp3) is 0.429. The molecule has 0 radical (unpaired) electrons. The van der Waals surface area contributed by atoms with Crippen LogP contribution in [-0.4, -0.2) is 38.8 Å². The highest BCUT2D eigenvalue weighted by atomic mass is 28.3. The van der Waals surface area contributed by atoms with Crippen LogP contribution >= 0.6 is 0 Å². The third-order valence-electron chi connectivity index (χ3n) is 4.58. The van der Waals surface area contributed by atoms with Crippen molar-refractivity contribution in [1.29, 1.82) is 0 Å². The zero-order valence-electron chi connectivity index (χ0n) is 16.5. The maximum Gasteiger partial charge on any atom is 0.251 e. The number of carbonyl (C=O) groups is 1. The van der Waals surface area contributed by atoms with Gasteiger partial charge in [-0.05, 0) is 17.2 Å². The first-order valence-corrected chi connectivity index (χ1v) is 12.4. The van der Waals surface area contributed by atoms with E-state index in [1.807, 2.05) is 30.3 Å². The minimum atomic E-state index is -1.91. The topological polar surface area (TPSA) is 55.8 Å². The molecule has 0 aliphatic heterocycles. The highest BCUT2D eigenvalue weighted by Crippen LogP contribution is 2.45. The van der Waals surface area contributed by atoms with Crippen LogP contribution in [0, 0.1) is 0 Å². The molecule has 26 heavy (non-hydrogen) atoms. The Balaban J connectivity index is 2.66. The second kappa shape index (κ2) is 7.66. The number of ether oxygens (including phenoxy) is 2. The number of methoxy groups -OCH3 is 2. The number of aliphatic hydroxyl groups is 1. The molecule has 5 heteroatoms. The lowest BCUT2D eigenvalue weighted by atomic mass is 9.73. The summed E-state index contributed by atoms with van der Waals surface area (Å²) in [6.45, 7) is 8.75. The maximum absolute atomic E-state index is 12.9. The molecule has 0 heterocycles. The van der Waals surface area contributed by atoms with E-state index in [1.54, 1.807) is 0 Å². The third-order valence-corrected chi connectivity index (χ3v) is 6.77. The van der Waals surface area contributed by atoms with Crippen molar-refractivity contribution in [2.45, 2.75) is 45.0 Å². The molecule has 4 nitrogen and oxygen atoms in total. The number of ketones is 1. The summed E-state index contributed by atoms with van der Waals surface area (Å²) in [5.74, 6) is -0.0919. The number of hydrogen-bond acceptors (Lipinski definition) is 4. The van der Waals surface area contributed by atoms with Crippen molar-refractivity contribution in [3.8, 4) is 0 Å². The summed E-state index contributed by atoms with van der Waals surface area (Å²) in [7, 11) is 1.25. The van der Waals surface area contributed by atoms with Crippen LogP contribution < -0.4 is 0 Å². The van der Waals surface area contributed by atoms with Gasteiger partial charge < -0.3 is 14.6 Å². The van der Waals surface area contributed by atoms with E-state index in [-0.39, 0.29) is 11.5 Å². The van der Waals surface area contributed by atoms with Crippen LogP contribution in [0.15, 0.2) is 52.8 Å². The van der Waals surface area contributed by atoms with Gasteiger partial charge in [-0.1, -0.05) is 69.0 Å². The normalized spacial score (nSPS) is 19.6. The highest BCUT2D eigenvalue weighted by Gasteiger charge is 2.59. The van der Waals surface area contributed by atoms with E-state index >= 15 is 0 Å². The lowest BCUT2D eigenvalue weighted by molar-refractivity contribution is -0.134. The van der Waals surface area contributed by atoms with E-state index < -0.39 is 19.5 Å². The Morgan fingerprint density at radius 2 is 1.81 bits per heavy atom. The van der Waals surface area contributed by atoms with Crippen molar-refractivity contribution in [1.82, 2.24) is 0 Å². The van der Waals surface area contributed by atoms with Crippen molar-refractivity contribution in [2.24, 2.45) is 0 Å². The Morgan fingerprint density at radius 1 is 1.19 bits per heavy atom. The van der Waals surface area contributed by atoms with Crippen LogP contribution in [-0.2, 0) is 14.3 Å². The third kappa shape index (κ3) is 3.43. The summed E-state index contributed by atoms with van der Waals surface area (Å²) >= 11 is 0. The largest absolute Gasteiger partial charge is 0.496 e. The van der Waals surface area contributed by atoms with E-state index in [1.165, 1.54) is 14.2 Å². The van der Waals surface area contributed by atoms with Crippen LogP contribution in [0.5, 0.6) is 0 Å². The summed E-state index contributed by atoms with van der Waals surface area (Å²) in [4.78, 5) is 12.9. The number of rotatable bonds is 7. The smallest absolute Gasteiger partial charge is 0.251 e. The van der Waals surface area contributed by atoms with Crippen LogP contribution in [0.25, 0.3) is 5.57 Å². The van der Waals surface area contributed by atoms with Gasteiger partial charge in [-0.2, -0.15) is 0 Å². The molecule has 2 rings (SSSR count). The van der Waals surface area contributed by atoms with Gasteiger partial charge >= 0.3 is 0 Å². The van der Waals surface area contributed by atoms with Crippen LogP contribution in [0.1, 0.15) is 25.3 Å². The number of carbonyl (C=O) groups excluding carboxylic acids is 1. The average molecular weight is 373 g/mol. The van der Waals surface area contributed by atoms with Crippen molar-refractivity contribution in [2.75, 3.05) is 14.2 Å². The van der Waals surface area contributed by atoms with E-state index in [9.17, 15) is 9.90 Å². The van der Waals surface area contributed by atoms with E-state index in [4.69, 9.17) is 9.47 Å². The summed E-state index contributed by atoms with van der Waals surface area (Å²) in [5, 5.41) is 12.3. The zero-order valence-corrected chi connectivity index (χ0v) is 17.5. The molecule has 1 aromatic carbocycles. The maximum atomic E-state index is 12.9. The molecule has 0 fully saturated rings. The number of Topliss-reactive ketones (excluding diaryl/α,β-unsaturated/α-hetero) is 1. The predicted molar refractivity (Wildman–Crippen MR) is 106 cm³/mol. The van der Waals surface area contributed by atoms with Gasteiger partial charge in [0.15, 0.2) is 11.5 Å². The summed E-state index contributed by atoms with van der Waals surface area (Å²) in [6, 6.07) is 9.21. The van der Waals surface area contributed by atoms with Crippen LogP contribution in [0.4, 0.5) is 0 Å². The van der Waals surface area contributed by atoms with Crippen molar-refractivity contribution < 1.29 is 19.4 Å². The second-order valence-electron chi connectivity index (χ2n) is 7.45. The number of hydrogen-bond donors (Lipinski definition) is 1. The molecule has 1 N–H and O–H groups in total. The first-order valence-electron chi connectivity index (χ1n) is 8.87. The Hall–Kier alpha value is -2.07. The molecule has 140 valence electrons. The molecule has 0 aromatic heterocycles. The Morgan fingerprint density at radius 3 is 2.27 bits per heavy atom. The van der Waals surface area contributed by atoms with Crippen LogP contribution in [0.2, 0.25) is 19.6 Å². The van der Waals surface area contributed by atoms with Gasteiger partial charge in [0.05, 0.1) is 27.9 Å². The van der Waals surface area contributed by atoms with Crippen LogP contribution in [0.3, 0.4) is 0 Å². The van der Waals surface area contributed by atoms with E-state index in [0.717, 1.165) is 23.6 Å². The molecule has 0 bridgehead atoms. The molecule has 1 aliphatic rings. The van der Waals surface area contributed by atoms with E-state index in [0.29, 0.717) is 5.57 Å². The van der Waals surface area contributed by atoms with Gasteiger partial charge in [0, 0.05) is 0 Å². The molecule has 1 atom stereocenters. The summed E-state index contributed by atoms with van der Waals surface area (Å²) in [5.41, 5.74) is 2.44. The predicted octanol–water partition coefficient (Wildman–Crippen LogP) is 4.09. The standard InChI is InChI=1S/C21H28O4Si/c1-7-11-16(26(4,5)6)14-17(24-2)21(23)19(22)18(20(21)25-3)15-12-9-8-10-13-15/h8-10,12-13,23H,7,11H2,1-6H3. The Bertz CT molecular complexity index is 780. The molecule has 0 saturated carbocycles. The average Bonchev–Trinajstić information content (AvgIpc) is 2.61. The fourth-order valence-corrected chi connectivity index (χ4v) is 4.62. The molecule has 0 amide bonds. The van der Waals surface area contributed by atoms with E-state index in [2.05, 4.69) is 32.3 Å². The molecule has 0 spiro atoms. The van der Waals surface area contributed by atoms with Crippen molar-refractivity contribution in [3.63, 3.8) is 0 Å². The second-order valence-corrected chi connectivity index (χ2v) is 12.6. The van der Waals surface area contributed by atoms with Gasteiger partial charge in [0.1, 0.15) is 0 Å². The Kier molecular flexibility index (Phi) is 5.97. The van der Waals surface area contributed by atoms with Gasteiger partial charge in [-0.15, -0.1) is 0 Å². The van der Waals surface area contributed by atoms with Gasteiger partial charge in [0.2, 0.25) is 5.78 Å². The molecular weight excluding hydrogens is 344 g/mol. The monoisotopic (exact) mass is 372 g/mol. The minimum Gasteiger partial charge on any atom is -0.496 e. The highest BCUT2D eigenvalue weighted by molar-refractivity contribution is 6.83. The minimum absolute atomic E-state index is 0.116. The first kappa shape index (κ1) is 20.2. The zero-order chi connectivity index (χ0) is 19.5. The molecular formula is C21H28O4Si. The lowest BCUT2D eigenvalue weighted by Crippen LogP contribution is -2.52. The number of benzene rings is 1. The van der Waals surface area contributed by atoms with Gasteiger partial charge in [0.25, 0.3) is 5.60 Å². The first-order chi connectivity index (χ1) is 12.2. The summed E-state index contributed by atoms with van der Waals surface area (Å²) < 4.78 is 10.9.